The van der Waals surface area contributed by atoms with Crippen LogP contribution in [0.4, 0.5) is 0 Å². The monoisotopic (exact) mass is 781 g/mol. The minimum Gasteiger partial charge on any atom is -0.480 e. The Kier molecular flexibility index (Phi) is 10.8. The van der Waals surface area contributed by atoms with Crippen molar-refractivity contribution in [2.45, 2.75) is 109 Å². The van der Waals surface area contributed by atoms with E-state index in [0.29, 0.717) is 11.1 Å². The van der Waals surface area contributed by atoms with Gasteiger partial charge < -0.3 is 44.0 Å². The normalized spacial score (nSPS) is 34.9. The number of hydrogen-bond donors (Lipinski definition) is 3. The van der Waals surface area contributed by atoms with Crippen LogP contribution in [0.5, 0.6) is 0 Å². The maximum Gasteiger partial charge on any atom is 0.348 e. The molecule has 2 heterocycles. The van der Waals surface area contributed by atoms with Crippen molar-refractivity contribution in [2.75, 3.05) is 20.3 Å². The van der Waals surface area contributed by atoms with Gasteiger partial charge in [-0.3, -0.25) is 9.59 Å². The second-order valence-corrected chi connectivity index (χ2v) is 17.1. The Balaban J connectivity index is 1.31. The number of carbonyl (C=O) groups excluding carboxylic acids is 6. The lowest BCUT2D eigenvalue weighted by Gasteiger charge is -2.67. The minimum atomic E-state index is -2.30. The van der Waals surface area contributed by atoms with Crippen LogP contribution >= 0.6 is 0 Å². The summed E-state index contributed by atoms with van der Waals surface area (Å²) in [5.74, 6) is -7.77. The summed E-state index contributed by atoms with van der Waals surface area (Å²) in [4.78, 5) is 81.0. The number of hydrogen-bond acceptors (Lipinski definition) is 14. The molecule has 11 atom stereocenters. The fourth-order valence-corrected chi connectivity index (χ4v) is 10.2. The Morgan fingerprint density at radius 1 is 1.07 bits per heavy atom. The molecule has 2 bridgehead atoms. The third-order valence-electron chi connectivity index (χ3n) is 12.1. The predicted molar refractivity (Wildman–Crippen MR) is 194 cm³/mol. The van der Waals surface area contributed by atoms with Crippen LogP contribution in [0.1, 0.15) is 66.9 Å². The molecule has 1 amide bonds. The largest absolute Gasteiger partial charge is 0.480 e. The van der Waals surface area contributed by atoms with E-state index in [1.807, 2.05) is 30.3 Å². The number of allylic oxidation sites excluding steroid dienone is 3. The minimum absolute atomic E-state index is 0.0832. The first-order chi connectivity index (χ1) is 26.2. The van der Waals surface area contributed by atoms with E-state index in [0.717, 1.165) is 12.7 Å². The molecule has 56 heavy (non-hydrogen) atoms. The van der Waals surface area contributed by atoms with Crippen molar-refractivity contribution in [3.05, 3.63) is 58.9 Å². The number of ketones is 1. The molecule has 5 aliphatic rings. The molecule has 3 aliphatic carbocycles. The molecular formula is C41H51NO14. The highest BCUT2D eigenvalue weighted by Gasteiger charge is 2.85. The lowest BCUT2D eigenvalue weighted by atomic mass is 9.38. The lowest BCUT2D eigenvalue weighted by Crippen LogP contribution is -2.79. The maximum absolute atomic E-state index is 14.1. The van der Waals surface area contributed by atoms with E-state index in [4.69, 9.17) is 28.4 Å². The van der Waals surface area contributed by atoms with E-state index in [1.54, 1.807) is 48.5 Å². The predicted octanol–water partition coefficient (Wildman–Crippen LogP) is 2.04. The summed E-state index contributed by atoms with van der Waals surface area (Å²) in [6, 6.07) is 8.04. The number of Topliss-reactive ketones (excluding diaryl/α,β-unsaturated/α-hetero) is 1. The summed E-state index contributed by atoms with van der Waals surface area (Å²) in [5.41, 5.74) is -3.87. The van der Waals surface area contributed by atoms with E-state index >= 15 is 0 Å². The van der Waals surface area contributed by atoms with Crippen molar-refractivity contribution in [2.24, 2.45) is 28.6 Å². The third-order valence-corrected chi connectivity index (χ3v) is 12.1. The number of fused-ring (bicyclic) bond motifs is 2. The van der Waals surface area contributed by atoms with Gasteiger partial charge in [-0.05, 0) is 70.4 Å². The molecule has 15 nitrogen and oxygen atoms in total. The van der Waals surface area contributed by atoms with Gasteiger partial charge in [0, 0.05) is 30.3 Å². The molecule has 3 N–H and O–H groups in total. The van der Waals surface area contributed by atoms with Gasteiger partial charge in [0.15, 0.2) is 18.1 Å². The first-order valence-corrected chi connectivity index (χ1v) is 18.8. The summed E-state index contributed by atoms with van der Waals surface area (Å²) in [7, 11) is 1.08. The van der Waals surface area contributed by atoms with Crippen LogP contribution in [0.3, 0.4) is 0 Å². The van der Waals surface area contributed by atoms with Crippen molar-refractivity contribution >= 4 is 35.6 Å². The van der Waals surface area contributed by atoms with Gasteiger partial charge in [0.1, 0.15) is 23.9 Å². The van der Waals surface area contributed by atoms with Crippen molar-refractivity contribution in [1.29, 1.82) is 0 Å². The molecule has 15 heteroatoms. The number of esters is 4. The number of methoxy groups -OCH3 is 1. The zero-order valence-electron chi connectivity index (χ0n) is 32.9. The van der Waals surface area contributed by atoms with Gasteiger partial charge in [0.25, 0.3) is 5.91 Å². The fourth-order valence-electron chi connectivity index (χ4n) is 10.2. The number of aliphatic hydroxyl groups is 2. The Labute approximate surface area is 325 Å². The highest BCUT2D eigenvalue weighted by atomic mass is 16.6. The van der Waals surface area contributed by atoms with Crippen molar-refractivity contribution in [3.8, 4) is 0 Å². The molecule has 1 aromatic carbocycles. The SMILES string of the molecule is COC(=O)[C@@]12OC[C@]34C([C@@H](O)[C@@H]1O)[C@@]1(C)CC(=O)C(OCC(=O)NC(Cc5ccccc5)C(=O)OC(C)(C)C)=C(C)[C@@H]1C[C@H]3OC(=O)[C@H](OC(=O)C=C(C)C)[C@@H]24. The standard InChI is InChI=1S/C41H51NO14/c1-20(2)14-28(45)55-31-33-40-19-53-41(33,37(50)51-8)34(47)29(46)32(40)39(7)17-25(43)30(21(3)23(39)16-26(40)54-36(31)49)52-18-27(44)42-24(35(48)56-38(4,5)6)15-22-12-10-9-11-13-22/h9-14,23-24,26,29,31-34,46-47H,15-19H2,1-8H3,(H,42,44)/t23-,24?,26+,29+,31+,32?,33+,34-,39-,40+,41-/m0/s1. The van der Waals surface area contributed by atoms with Gasteiger partial charge in [-0.25, -0.2) is 19.2 Å². The van der Waals surface area contributed by atoms with E-state index in [9.17, 15) is 39.0 Å². The molecular weight excluding hydrogens is 730 g/mol. The van der Waals surface area contributed by atoms with Crippen LogP contribution < -0.4 is 5.32 Å². The first kappa shape index (κ1) is 41.0. The van der Waals surface area contributed by atoms with E-state index < -0.39 is 112 Å². The molecule has 1 aromatic rings. The lowest BCUT2D eigenvalue weighted by molar-refractivity contribution is -0.290. The summed E-state index contributed by atoms with van der Waals surface area (Å²) >= 11 is 0. The Bertz CT molecular complexity index is 1860. The summed E-state index contributed by atoms with van der Waals surface area (Å²) in [6.45, 7) is 11.0. The Morgan fingerprint density at radius 2 is 1.75 bits per heavy atom. The maximum atomic E-state index is 14.1. The summed E-state index contributed by atoms with van der Waals surface area (Å²) in [6.07, 6.45) is -5.21. The quantitative estimate of drug-likeness (QED) is 0.176. The van der Waals surface area contributed by atoms with Crippen LogP contribution in [-0.4, -0.2) is 108 Å². The molecule has 0 aromatic heterocycles. The number of benzene rings is 1. The highest BCUT2D eigenvalue weighted by molar-refractivity contribution is 5.97. The average molecular weight is 782 g/mol. The van der Waals surface area contributed by atoms with Crippen molar-refractivity contribution < 1.29 is 67.4 Å². The second kappa shape index (κ2) is 14.7. The summed E-state index contributed by atoms with van der Waals surface area (Å²) < 4.78 is 34.5. The number of rotatable bonds is 10. The summed E-state index contributed by atoms with van der Waals surface area (Å²) in [5, 5.41) is 26.6. The number of carbonyl (C=O) groups is 6. The zero-order valence-corrected chi connectivity index (χ0v) is 32.9. The third kappa shape index (κ3) is 6.70. The van der Waals surface area contributed by atoms with Gasteiger partial charge in [0.05, 0.1) is 25.7 Å². The molecule has 0 radical (unpaired) electrons. The molecule has 2 saturated carbocycles. The Hall–Kier alpha value is -4.60. The molecule has 2 saturated heterocycles. The number of amides is 1. The number of nitrogens with one attached hydrogen (secondary N) is 1. The fraction of sp³-hybridized carbons (Fsp3) is 0.610. The van der Waals surface area contributed by atoms with Gasteiger partial charge in [-0.1, -0.05) is 42.8 Å². The van der Waals surface area contributed by atoms with E-state index in [1.165, 1.54) is 6.08 Å². The van der Waals surface area contributed by atoms with Crippen molar-refractivity contribution in [3.63, 3.8) is 0 Å². The Morgan fingerprint density at radius 3 is 2.38 bits per heavy atom. The number of ether oxygens (including phenoxy) is 6. The van der Waals surface area contributed by atoms with Crippen LogP contribution in [0.2, 0.25) is 0 Å². The highest BCUT2D eigenvalue weighted by Crippen LogP contribution is 2.72. The van der Waals surface area contributed by atoms with Crippen LogP contribution in [0, 0.1) is 28.6 Å². The number of aliphatic hydroxyl groups excluding tert-OH is 2. The van der Waals surface area contributed by atoms with Gasteiger partial charge >= 0.3 is 23.9 Å². The van der Waals surface area contributed by atoms with E-state index in [2.05, 4.69) is 5.32 Å². The topological polar surface area (TPSA) is 210 Å². The molecule has 6 rings (SSSR count). The first-order valence-electron chi connectivity index (χ1n) is 18.8. The molecule has 4 fully saturated rings. The average Bonchev–Trinajstić information content (AvgIpc) is 3.41. The molecule has 304 valence electrons. The van der Waals surface area contributed by atoms with Crippen molar-refractivity contribution in [1.82, 2.24) is 5.32 Å². The molecule has 2 aliphatic heterocycles. The van der Waals surface area contributed by atoms with Gasteiger partial charge in [-0.2, -0.15) is 0 Å². The van der Waals surface area contributed by atoms with Crippen LogP contribution in [0.15, 0.2) is 53.3 Å². The van der Waals surface area contributed by atoms with Crippen LogP contribution in [0.25, 0.3) is 0 Å². The van der Waals surface area contributed by atoms with Crippen LogP contribution in [-0.2, 0) is 63.6 Å². The van der Waals surface area contributed by atoms with E-state index in [-0.39, 0.29) is 31.6 Å². The van der Waals surface area contributed by atoms with Gasteiger partial charge in [0.2, 0.25) is 11.7 Å². The zero-order chi connectivity index (χ0) is 41.1. The molecule has 1 spiro atoms. The van der Waals surface area contributed by atoms with Gasteiger partial charge in [-0.15, -0.1) is 0 Å². The second-order valence-electron chi connectivity index (χ2n) is 17.1. The smallest absolute Gasteiger partial charge is 0.348 e. The molecule has 2 unspecified atom stereocenters.